The Labute approximate surface area is 217 Å². The minimum Gasteiger partial charge on any atom is -0.342 e. The highest BCUT2D eigenvalue weighted by molar-refractivity contribution is 7.15. The van der Waals surface area contributed by atoms with Crippen molar-refractivity contribution in [1.29, 1.82) is 0 Å². The van der Waals surface area contributed by atoms with Crippen LogP contribution in [0, 0.1) is 18.8 Å². The molecule has 2 aliphatic rings. The van der Waals surface area contributed by atoms with Gasteiger partial charge < -0.3 is 15.5 Å². The van der Waals surface area contributed by atoms with Gasteiger partial charge in [0.15, 0.2) is 5.13 Å². The second-order valence-electron chi connectivity index (χ2n) is 10.0. The Hall–Kier alpha value is -3.19. The van der Waals surface area contributed by atoms with Crippen molar-refractivity contribution in [2.45, 2.75) is 65.1 Å². The molecule has 1 aromatic heterocycles. The highest BCUT2D eigenvalue weighted by Crippen LogP contribution is 2.33. The monoisotopic (exact) mass is 502 g/mol. The van der Waals surface area contributed by atoms with E-state index in [2.05, 4.69) is 41.6 Å². The lowest BCUT2D eigenvalue weighted by molar-refractivity contribution is -0.154. The first-order valence-electron chi connectivity index (χ1n) is 12.9. The molecule has 2 heterocycles. The van der Waals surface area contributed by atoms with Crippen molar-refractivity contribution < 1.29 is 9.59 Å². The van der Waals surface area contributed by atoms with Crippen molar-refractivity contribution in [3.63, 3.8) is 0 Å². The Morgan fingerprint density at radius 2 is 1.72 bits per heavy atom. The third-order valence-corrected chi connectivity index (χ3v) is 8.51. The molecule has 1 aliphatic heterocycles. The van der Waals surface area contributed by atoms with Gasteiger partial charge in [-0.25, -0.2) is 4.98 Å². The second-order valence-corrected chi connectivity index (χ2v) is 11.2. The first kappa shape index (κ1) is 24.5. The number of carbonyl (C=O) groups is 2. The van der Waals surface area contributed by atoms with Crippen LogP contribution in [-0.2, 0) is 29.0 Å². The van der Waals surface area contributed by atoms with Crippen molar-refractivity contribution >= 4 is 34.0 Å². The lowest BCUT2D eigenvalue weighted by atomic mass is 9.86. The van der Waals surface area contributed by atoms with E-state index in [0.29, 0.717) is 6.54 Å². The van der Waals surface area contributed by atoms with Crippen molar-refractivity contribution in [1.82, 2.24) is 15.2 Å². The molecule has 5 rings (SSSR count). The molecule has 0 saturated carbocycles. The van der Waals surface area contributed by atoms with Gasteiger partial charge in [-0.05, 0) is 60.4 Å². The minimum atomic E-state index is -0.482. The molecule has 0 radical (unpaired) electrons. The largest absolute Gasteiger partial charge is 0.342 e. The van der Waals surface area contributed by atoms with Crippen molar-refractivity contribution in [3.8, 4) is 0 Å². The number of anilines is 2. The molecule has 2 amide bonds. The van der Waals surface area contributed by atoms with Crippen LogP contribution in [0.2, 0.25) is 0 Å². The van der Waals surface area contributed by atoms with Crippen LogP contribution in [-0.4, -0.2) is 33.8 Å². The molecule has 1 aliphatic carbocycles. The van der Waals surface area contributed by atoms with Gasteiger partial charge in [-0.2, -0.15) is 0 Å². The van der Waals surface area contributed by atoms with Crippen LogP contribution in [0.4, 0.5) is 10.8 Å². The maximum atomic E-state index is 14.0. The first-order valence-corrected chi connectivity index (χ1v) is 13.7. The number of nitrogens with one attached hydrogen (secondary N) is 2. The predicted octanol–water partition coefficient (Wildman–Crippen LogP) is 5.24. The van der Waals surface area contributed by atoms with E-state index >= 15 is 0 Å². The van der Waals surface area contributed by atoms with Crippen molar-refractivity contribution in [2.75, 3.05) is 5.32 Å². The number of hydrogen-bond donors (Lipinski definition) is 2. The Morgan fingerprint density at radius 1 is 1.06 bits per heavy atom. The molecule has 36 heavy (non-hydrogen) atoms. The molecule has 3 aromatic rings. The number of carbonyl (C=O) groups excluding carboxylic acids is 2. The number of aromatic nitrogens is 1. The Bertz CT molecular complexity index is 1210. The lowest BCUT2D eigenvalue weighted by Crippen LogP contribution is -2.66. The van der Waals surface area contributed by atoms with Gasteiger partial charge in [0.05, 0.1) is 0 Å². The zero-order chi connectivity index (χ0) is 25.2. The summed E-state index contributed by atoms with van der Waals surface area (Å²) in [5.74, 6) is 0.258. The molecule has 0 unspecified atom stereocenters. The van der Waals surface area contributed by atoms with Crippen LogP contribution in [0.15, 0.2) is 54.7 Å². The molecule has 2 aromatic carbocycles. The van der Waals surface area contributed by atoms with Crippen molar-refractivity contribution in [2.24, 2.45) is 11.8 Å². The van der Waals surface area contributed by atoms with Crippen LogP contribution in [0.1, 0.15) is 48.3 Å². The molecular formula is C29H34N4O2S. The number of hydrogen-bond acceptors (Lipinski definition) is 5. The minimum absolute atomic E-state index is 0.0123. The number of rotatable bonds is 8. The van der Waals surface area contributed by atoms with Gasteiger partial charge in [0.2, 0.25) is 11.8 Å². The summed E-state index contributed by atoms with van der Waals surface area (Å²) in [6.07, 6.45) is 5.22. The molecule has 0 spiro atoms. The Morgan fingerprint density at radius 3 is 2.31 bits per heavy atom. The van der Waals surface area contributed by atoms with E-state index in [1.54, 1.807) is 11.3 Å². The molecule has 2 N–H and O–H groups in total. The predicted molar refractivity (Wildman–Crippen MR) is 144 cm³/mol. The summed E-state index contributed by atoms with van der Waals surface area (Å²) >= 11 is 1.61. The number of amides is 2. The fraction of sp³-hybridized carbons (Fsp3) is 0.414. The average Bonchev–Trinajstić information content (AvgIpc) is 3.50. The summed E-state index contributed by atoms with van der Waals surface area (Å²) in [5.41, 5.74) is 4.55. The van der Waals surface area contributed by atoms with Crippen LogP contribution < -0.4 is 10.6 Å². The van der Waals surface area contributed by atoms with E-state index < -0.39 is 12.1 Å². The maximum absolute atomic E-state index is 14.0. The molecule has 7 heteroatoms. The number of fused-ring (bicyclic) bond motifs is 1. The third-order valence-electron chi connectivity index (χ3n) is 7.68. The van der Waals surface area contributed by atoms with Gasteiger partial charge in [0.1, 0.15) is 12.1 Å². The SMILES string of the molecule is CCC(CC)[C@@H]1C(=O)N[C@H](C2Cc3ccccc3C2)C(=O)N1Cc1ccc(Nc2ncc(C)s2)cc1. The number of thiazole rings is 1. The summed E-state index contributed by atoms with van der Waals surface area (Å²) in [6.45, 7) is 6.67. The topological polar surface area (TPSA) is 74.3 Å². The fourth-order valence-electron chi connectivity index (χ4n) is 5.71. The van der Waals surface area contributed by atoms with Gasteiger partial charge in [-0.15, -0.1) is 11.3 Å². The van der Waals surface area contributed by atoms with E-state index in [1.807, 2.05) is 54.4 Å². The normalized spacial score (nSPS) is 20.1. The summed E-state index contributed by atoms with van der Waals surface area (Å²) in [7, 11) is 0. The quantitative estimate of drug-likeness (QED) is 0.442. The second kappa shape index (κ2) is 10.4. The van der Waals surface area contributed by atoms with Crippen LogP contribution in [0.5, 0.6) is 0 Å². The molecule has 1 saturated heterocycles. The zero-order valence-corrected chi connectivity index (χ0v) is 22.0. The maximum Gasteiger partial charge on any atom is 0.246 e. The van der Waals surface area contributed by atoms with Gasteiger partial charge >= 0.3 is 0 Å². The Kier molecular flexibility index (Phi) is 7.10. The Balaban J connectivity index is 1.37. The van der Waals surface area contributed by atoms with E-state index in [4.69, 9.17) is 0 Å². The molecule has 6 nitrogen and oxygen atoms in total. The zero-order valence-electron chi connectivity index (χ0n) is 21.2. The van der Waals surface area contributed by atoms with E-state index in [-0.39, 0.29) is 23.7 Å². The van der Waals surface area contributed by atoms with Crippen LogP contribution in [0.25, 0.3) is 0 Å². The molecule has 2 atom stereocenters. The van der Waals surface area contributed by atoms with Gasteiger partial charge in [-0.3, -0.25) is 9.59 Å². The van der Waals surface area contributed by atoms with Crippen LogP contribution >= 0.6 is 11.3 Å². The average molecular weight is 503 g/mol. The van der Waals surface area contributed by atoms with E-state index in [0.717, 1.165) is 46.9 Å². The standard InChI is InChI=1S/C29H34N4O2S/c1-4-20(5-2)26-27(34)32-25(23-14-21-8-6-7-9-22(21)15-23)28(35)33(26)17-19-10-12-24(13-11-19)31-29-30-16-18(3)36-29/h6-13,16,20,23,25-26H,4-5,14-15,17H2,1-3H3,(H,30,31)(H,32,34)/t25-,26-/m1/s1. The fourth-order valence-corrected chi connectivity index (χ4v) is 6.40. The number of piperazine rings is 1. The lowest BCUT2D eigenvalue weighted by Gasteiger charge is -2.43. The third kappa shape index (κ3) is 4.89. The first-order chi connectivity index (χ1) is 17.5. The van der Waals surface area contributed by atoms with Crippen LogP contribution in [0.3, 0.4) is 0 Å². The highest BCUT2D eigenvalue weighted by atomic mass is 32.1. The number of nitrogens with zero attached hydrogens (tertiary/aromatic N) is 2. The molecular weight excluding hydrogens is 468 g/mol. The van der Waals surface area contributed by atoms with Gasteiger partial charge in [0.25, 0.3) is 0 Å². The number of aryl methyl sites for hydroxylation is 1. The van der Waals surface area contributed by atoms with E-state index in [1.165, 1.54) is 11.1 Å². The van der Waals surface area contributed by atoms with Crippen molar-refractivity contribution in [3.05, 3.63) is 76.3 Å². The van der Waals surface area contributed by atoms with Gasteiger partial charge in [-0.1, -0.05) is 63.1 Å². The summed E-state index contributed by atoms with van der Waals surface area (Å²) in [5, 5.41) is 7.34. The summed E-state index contributed by atoms with van der Waals surface area (Å²) < 4.78 is 0. The highest BCUT2D eigenvalue weighted by Gasteiger charge is 2.46. The summed E-state index contributed by atoms with van der Waals surface area (Å²) in [4.78, 5) is 34.8. The van der Waals surface area contributed by atoms with Gasteiger partial charge in [0, 0.05) is 23.3 Å². The number of benzene rings is 2. The summed E-state index contributed by atoms with van der Waals surface area (Å²) in [6, 6.07) is 15.5. The molecule has 188 valence electrons. The van der Waals surface area contributed by atoms with E-state index in [9.17, 15) is 9.59 Å². The molecule has 0 bridgehead atoms. The molecule has 1 fully saturated rings. The smallest absolute Gasteiger partial charge is 0.246 e.